The molecule has 1 aliphatic rings. The molecule has 1 aromatic heterocycles. The van der Waals surface area contributed by atoms with Crippen LogP contribution < -0.4 is 4.74 Å². The van der Waals surface area contributed by atoms with E-state index >= 15 is 0 Å². The molecule has 18 heavy (non-hydrogen) atoms. The largest absolute Gasteiger partial charge is 0.481 e. The normalized spacial score (nSPS) is 22.7. The number of piperidine rings is 1. The SMILES string of the molecule is COc1ncccc1CN1CCCCC1C(C)O. The van der Waals surface area contributed by atoms with Crippen LogP contribution in [0.5, 0.6) is 5.88 Å². The molecule has 100 valence electrons. The number of methoxy groups -OCH3 is 1. The van der Waals surface area contributed by atoms with E-state index in [0.717, 1.165) is 25.1 Å². The summed E-state index contributed by atoms with van der Waals surface area (Å²) < 4.78 is 5.28. The lowest BCUT2D eigenvalue weighted by molar-refractivity contribution is 0.0312. The van der Waals surface area contributed by atoms with Crippen molar-refractivity contribution in [2.24, 2.45) is 0 Å². The van der Waals surface area contributed by atoms with E-state index in [-0.39, 0.29) is 12.1 Å². The maximum Gasteiger partial charge on any atom is 0.217 e. The summed E-state index contributed by atoms with van der Waals surface area (Å²) >= 11 is 0. The Kier molecular flexibility index (Phi) is 4.55. The first-order valence-electron chi connectivity index (χ1n) is 6.62. The summed E-state index contributed by atoms with van der Waals surface area (Å²) in [5, 5.41) is 9.86. The highest BCUT2D eigenvalue weighted by atomic mass is 16.5. The van der Waals surface area contributed by atoms with E-state index in [1.54, 1.807) is 13.3 Å². The molecule has 0 aliphatic carbocycles. The van der Waals surface area contributed by atoms with Gasteiger partial charge in [0.25, 0.3) is 0 Å². The summed E-state index contributed by atoms with van der Waals surface area (Å²) in [6.45, 7) is 3.71. The summed E-state index contributed by atoms with van der Waals surface area (Å²) in [5.74, 6) is 0.687. The third-order valence-electron chi connectivity index (χ3n) is 3.64. The van der Waals surface area contributed by atoms with Crippen LogP contribution >= 0.6 is 0 Å². The van der Waals surface area contributed by atoms with Gasteiger partial charge in [-0.1, -0.05) is 12.5 Å². The van der Waals surface area contributed by atoms with E-state index in [2.05, 4.69) is 9.88 Å². The van der Waals surface area contributed by atoms with E-state index in [0.29, 0.717) is 5.88 Å². The van der Waals surface area contributed by atoms with Gasteiger partial charge in [0.05, 0.1) is 13.2 Å². The molecule has 1 fully saturated rings. The summed E-state index contributed by atoms with van der Waals surface area (Å²) in [5.41, 5.74) is 1.09. The standard InChI is InChI=1S/C14H22N2O2/c1-11(17)13-7-3-4-9-16(13)10-12-6-5-8-15-14(12)18-2/h5-6,8,11,13,17H,3-4,7,9-10H2,1-2H3. The topological polar surface area (TPSA) is 45.6 Å². The van der Waals surface area contributed by atoms with Gasteiger partial charge in [-0.15, -0.1) is 0 Å². The second kappa shape index (κ2) is 6.16. The Balaban J connectivity index is 2.11. The maximum atomic E-state index is 9.86. The highest BCUT2D eigenvalue weighted by Crippen LogP contribution is 2.24. The molecule has 0 spiro atoms. The van der Waals surface area contributed by atoms with Crippen LogP contribution in [-0.2, 0) is 6.54 Å². The van der Waals surface area contributed by atoms with Crippen molar-refractivity contribution in [3.8, 4) is 5.88 Å². The van der Waals surface area contributed by atoms with Crippen LogP contribution in [0.15, 0.2) is 18.3 Å². The number of likely N-dealkylation sites (tertiary alicyclic amines) is 1. The van der Waals surface area contributed by atoms with E-state index in [1.165, 1.54) is 12.8 Å². The molecular formula is C14H22N2O2. The van der Waals surface area contributed by atoms with E-state index < -0.39 is 0 Å². The summed E-state index contributed by atoms with van der Waals surface area (Å²) in [4.78, 5) is 6.56. The quantitative estimate of drug-likeness (QED) is 0.885. The third-order valence-corrected chi connectivity index (χ3v) is 3.64. The van der Waals surface area contributed by atoms with Crippen molar-refractivity contribution in [3.05, 3.63) is 23.9 Å². The molecule has 1 N–H and O–H groups in total. The van der Waals surface area contributed by atoms with Gasteiger partial charge < -0.3 is 9.84 Å². The Morgan fingerprint density at radius 3 is 3.11 bits per heavy atom. The molecule has 1 saturated heterocycles. The number of nitrogens with zero attached hydrogens (tertiary/aromatic N) is 2. The first-order valence-corrected chi connectivity index (χ1v) is 6.62. The molecule has 0 saturated carbocycles. The average Bonchev–Trinajstić information content (AvgIpc) is 2.40. The molecule has 0 amide bonds. The highest BCUT2D eigenvalue weighted by molar-refractivity contribution is 5.25. The maximum absolute atomic E-state index is 9.86. The lowest BCUT2D eigenvalue weighted by atomic mass is 9.97. The van der Waals surface area contributed by atoms with Crippen molar-refractivity contribution < 1.29 is 9.84 Å². The molecule has 1 aromatic rings. The Hall–Kier alpha value is -1.13. The molecule has 4 heteroatoms. The summed E-state index contributed by atoms with van der Waals surface area (Å²) in [7, 11) is 1.65. The number of rotatable bonds is 4. The minimum Gasteiger partial charge on any atom is -0.481 e. The molecule has 1 aliphatic heterocycles. The number of hydrogen-bond donors (Lipinski definition) is 1. The lowest BCUT2D eigenvalue weighted by Crippen LogP contribution is -2.45. The van der Waals surface area contributed by atoms with Gasteiger partial charge in [-0.05, 0) is 32.4 Å². The average molecular weight is 250 g/mol. The Morgan fingerprint density at radius 1 is 1.56 bits per heavy atom. The number of aliphatic hydroxyl groups excluding tert-OH is 1. The van der Waals surface area contributed by atoms with Crippen molar-refractivity contribution in [1.29, 1.82) is 0 Å². The number of aromatic nitrogens is 1. The number of pyridine rings is 1. The molecule has 0 bridgehead atoms. The van der Waals surface area contributed by atoms with Crippen LogP contribution in [0, 0.1) is 0 Å². The van der Waals surface area contributed by atoms with Gasteiger partial charge in [0.15, 0.2) is 0 Å². The zero-order valence-electron chi connectivity index (χ0n) is 11.2. The molecule has 0 aromatic carbocycles. The number of hydrogen-bond acceptors (Lipinski definition) is 4. The summed E-state index contributed by atoms with van der Waals surface area (Å²) in [6, 6.07) is 4.22. The van der Waals surface area contributed by atoms with Gasteiger partial charge in [0, 0.05) is 24.3 Å². The second-order valence-electron chi connectivity index (χ2n) is 4.95. The smallest absolute Gasteiger partial charge is 0.217 e. The fourth-order valence-corrected chi connectivity index (χ4v) is 2.71. The van der Waals surface area contributed by atoms with Crippen molar-refractivity contribution >= 4 is 0 Å². The lowest BCUT2D eigenvalue weighted by Gasteiger charge is -2.37. The minimum absolute atomic E-state index is 0.253. The predicted molar refractivity (Wildman–Crippen MR) is 70.5 cm³/mol. The van der Waals surface area contributed by atoms with Gasteiger partial charge in [-0.3, -0.25) is 4.90 Å². The van der Waals surface area contributed by atoms with Gasteiger partial charge in [0.2, 0.25) is 5.88 Å². The first-order chi connectivity index (χ1) is 8.72. The van der Waals surface area contributed by atoms with Crippen LogP contribution in [0.3, 0.4) is 0 Å². The molecule has 0 radical (unpaired) electrons. The fourth-order valence-electron chi connectivity index (χ4n) is 2.71. The zero-order chi connectivity index (χ0) is 13.0. The van der Waals surface area contributed by atoms with Crippen molar-refractivity contribution in [2.75, 3.05) is 13.7 Å². The van der Waals surface area contributed by atoms with Crippen LogP contribution in [-0.4, -0.2) is 40.8 Å². The molecule has 2 rings (SSSR count). The molecule has 2 atom stereocenters. The number of aliphatic hydroxyl groups is 1. The Bertz CT molecular complexity index is 382. The highest BCUT2D eigenvalue weighted by Gasteiger charge is 2.26. The van der Waals surface area contributed by atoms with Crippen LogP contribution in [0.2, 0.25) is 0 Å². The Morgan fingerprint density at radius 2 is 2.39 bits per heavy atom. The van der Waals surface area contributed by atoms with Crippen molar-refractivity contribution in [2.45, 2.75) is 44.9 Å². The van der Waals surface area contributed by atoms with Gasteiger partial charge in [0.1, 0.15) is 0 Å². The van der Waals surface area contributed by atoms with Crippen LogP contribution in [0.4, 0.5) is 0 Å². The molecule has 2 heterocycles. The van der Waals surface area contributed by atoms with Gasteiger partial charge in [-0.25, -0.2) is 4.98 Å². The monoisotopic (exact) mass is 250 g/mol. The summed E-state index contributed by atoms with van der Waals surface area (Å²) in [6.07, 6.45) is 4.93. The van der Waals surface area contributed by atoms with Gasteiger partial charge >= 0.3 is 0 Å². The second-order valence-corrected chi connectivity index (χ2v) is 4.95. The predicted octanol–water partition coefficient (Wildman–Crippen LogP) is 1.83. The van der Waals surface area contributed by atoms with Crippen molar-refractivity contribution in [3.63, 3.8) is 0 Å². The first kappa shape index (κ1) is 13.3. The van der Waals surface area contributed by atoms with Crippen LogP contribution in [0.1, 0.15) is 31.7 Å². The molecule has 4 nitrogen and oxygen atoms in total. The molecule has 2 unspecified atom stereocenters. The minimum atomic E-state index is -0.284. The van der Waals surface area contributed by atoms with Gasteiger partial charge in [-0.2, -0.15) is 0 Å². The zero-order valence-corrected chi connectivity index (χ0v) is 11.2. The van der Waals surface area contributed by atoms with Crippen LogP contribution in [0.25, 0.3) is 0 Å². The van der Waals surface area contributed by atoms with E-state index in [9.17, 15) is 5.11 Å². The van der Waals surface area contributed by atoms with Crippen molar-refractivity contribution in [1.82, 2.24) is 9.88 Å². The van der Waals surface area contributed by atoms with E-state index in [1.807, 2.05) is 19.1 Å². The molecular weight excluding hydrogens is 228 g/mol. The third kappa shape index (κ3) is 3.00. The Labute approximate surface area is 109 Å². The van der Waals surface area contributed by atoms with E-state index in [4.69, 9.17) is 4.74 Å². The number of ether oxygens (including phenoxy) is 1. The fraction of sp³-hybridized carbons (Fsp3) is 0.643.